The van der Waals surface area contributed by atoms with E-state index in [1.807, 2.05) is 6.08 Å². The molecule has 2 nitrogen and oxygen atoms in total. The summed E-state index contributed by atoms with van der Waals surface area (Å²) in [4.78, 5) is 0. The fourth-order valence-electron chi connectivity index (χ4n) is 2.60. The molecule has 1 N–H and O–H groups in total. The van der Waals surface area contributed by atoms with Crippen LogP contribution >= 0.6 is 0 Å². The summed E-state index contributed by atoms with van der Waals surface area (Å²) in [5.74, 6) is 0. The van der Waals surface area contributed by atoms with Gasteiger partial charge in [-0.15, -0.1) is 6.58 Å². The third kappa shape index (κ3) is 5.13. The van der Waals surface area contributed by atoms with Crippen molar-refractivity contribution in [3.8, 4) is 0 Å². The summed E-state index contributed by atoms with van der Waals surface area (Å²) in [5.41, 5.74) is 0. The molecule has 0 saturated carbocycles. The minimum Gasteiger partial charge on any atom is -0.375 e. The van der Waals surface area contributed by atoms with Crippen LogP contribution in [0.25, 0.3) is 0 Å². The van der Waals surface area contributed by atoms with Gasteiger partial charge in [-0.3, -0.25) is 0 Å². The molecular formula is C14H27NO. The van der Waals surface area contributed by atoms with Crippen LogP contribution in [0.4, 0.5) is 0 Å². The third-order valence-electron chi connectivity index (χ3n) is 3.26. The summed E-state index contributed by atoms with van der Waals surface area (Å²) in [6.07, 6.45) is 8.73. The van der Waals surface area contributed by atoms with E-state index in [1.165, 1.54) is 12.8 Å². The van der Waals surface area contributed by atoms with Gasteiger partial charge in [0.15, 0.2) is 0 Å². The Kier molecular flexibility index (Phi) is 6.07. The molecule has 0 radical (unpaired) electrons. The van der Waals surface area contributed by atoms with Crippen LogP contribution in [0.15, 0.2) is 12.7 Å². The van der Waals surface area contributed by atoms with Crippen molar-refractivity contribution in [3.05, 3.63) is 12.7 Å². The van der Waals surface area contributed by atoms with Crippen molar-refractivity contribution in [3.63, 3.8) is 0 Å². The van der Waals surface area contributed by atoms with Gasteiger partial charge < -0.3 is 10.1 Å². The molecule has 0 aromatic carbocycles. The zero-order valence-electron chi connectivity index (χ0n) is 11.0. The third-order valence-corrected chi connectivity index (χ3v) is 3.26. The van der Waals surface area contributed by atoms with Crippen LogP contribution in [0.3, 0.4) is 0 Å². The first-order valence-electron chi connectivity index (χ1n) is 6.64. The molecule has 0 aliphatic carbocycles. The maximum atomic E-state index is 5.74. The molecule has 94 valence electrons. The Balaban J connectivity index is 2.21. The number of ether oxygens (including phenoxy) is 1. The van der Waals surface area contributed by atoms with Gasteiger partial charge in [-0.05, 0) is 52.9 Å². The average Bonchev–Trinajstić information content (AvgIpc) is 2.16. The molecule has 0 aromatic rings. The standard InChI is InChI=1S/C14H27NO/c1-5-6-7-8-11(2)15-14-9-12(3)16-13(4)10-14/h5,11-15H,1,6-10H2,2-4H3. The Bertz CT molecular complexity index is 195. The van der Waals surface area contributed by atoms with Gasteiger partial charge in [0.05, 0.1) is 12.2 Å². The molecule has 0 amide bonds. The van der Waals surface area contributed by atoms with Gasteiger partial charge in [-0.2, -0.15) is 0 Å². The minimum atomic E-state index is 0.404. The average molecular weight is 225 g/mol. The Labute approximate surface area is 100 Å². The summed E-state index contributed by atoms with van der Waals surface area (Å²) in [7, 11) is 0. The molecule has 1 aliphatic heterocycles. The number of nitrogens with one attached hydrogen (secondary N) is 1. The van der Waals surface area contributed by atoms with Crippen LogP contribution < -0.4 is 5.32 Å². The van der Waals surface area contributed by atoms with Crippen LogP contribution in [0.1, 0.15) is 52.9 Å². The summed E-state index contributed by atoms with van der Waals surface area (Å²) in [6, 6.07) is 1.25. The van der Waals surface area contributed by atoms with Crippen molar-refractivity contribution in [2.75, 3.05) is 0 Å². The highest BCUT2D eigenvalue weighted by atomic mass is 16.5. The first-order valence-corrected chi connectivity index (χ1v) is 6.64. The number of rotatable bonds is 6. The van der Waals surface area contributed by atoms with E-state index >= 15 is 0 Å². The van der Waals surface area contributed by atoms with E-state index in [1.54, 1.807) is 0 Å². The van der Waals surface area contributed by atoms with E-state index in [-0.39, 0.29) is 0 Å². The van der Waals surface area contributed by atoms with Crippen molar-refractivity contribution >= 4 is 0 Å². The second-order valence-corrected chi connectivity index (χ2v) is 5.21. The van der Waals surface area contributed by atoms with E-state index in [2.05, 4.69) is 32.7 Å². The molecule has 1 aliphatic rings. The highest BCUT2D eigenvalue weighted by Crippen LogP contribution is 2.19. The molecule has 1 fully saturated rings. The van der Waals surface area contributed by atoms with Crippen molar-refractivity contribution < 1.29 is 4.74 Å². The Morgan fingerprint density at radius 1 is 1.38 bits per heavy atom. The van der Waals surface area contributed by atoms with Gasteiger partial charge in [0.25, 0.3) is 0 Å². The first kappa shape index (κ1) is 13.7. The fourth-order valence-corrected chi connectivity index (χ4v) is 2.60. The lowest BCUT2D eigenvalue weighted by molar-refractivity contribution is -0.0434. The largest absolute Gasteiger partial charge is 0.375 e. The van der Waals surface area contributed by atoms with Gasteiger partial charge in [-0.25, -0.2) is 0 Å². The van der Waals surface area contributed by atoms with Crippen molar-refractivity contribution in [1.29, 1.82) is 0 Å². The maximum absolute atomic E-state index is 5.74. The summed E-state index contributed by atoms with van der Waals surface area (Å²) >= 11 is 0. The highest BCUT2D eigenvalue weighted by molar-refractivity contribution is 4.81. The van der Waals surface area contributed by atoms with Crippen LogP contribution in [-0.4, -0.2) is 24.3 Å². The molecule has 0 bridgehead atoms. The molecule has 0 aromatic heterocycles. The number of unbranched alkanes of at least 4 members (excludes halogenated alkanes) is 1. The van der Waals surface area contributed by atoms with E-state index in [0.29, 0.717) is 24.3 Å². The molecule has 0 spiro atoms. The van der Waals surface area contributed by atoms with Gasteiger partial charge in [0.1, 0.15) is 0 Å². The van der Waals surface area contributed by atoms with Crippen molar-refractivity contribution in [2.24, 2.45) is 0 Å². The molecule has 1 rings (SSSR count). The van der Waals surface area contributed by atoms with E-state index in [4.69, 9.17) is 4.74 Å². The van der Waals surface area contributed by atoms with E-state index in [0.717, 1.165) is 19.3 Å². The molecular weight excluding hydrogens is 198 g/mol. The van der Waals surface area contributed by atoms with Crippen LogP contribution in [0, 0.1) is 0 Å². The second-order valence-electron chi connectivity index (χ2n) is 5.21. The number of hydrogen-bond acceptors (Lipinski definition) is 2. The topological polar surface area (TPSA) is 21.3 Å². The van der Waals surface area contributed by atoms with Crippen LogP contribution in [-0.2, 0) is 4.74 Å². The SMILES string of the molecule is C=CCCCC(C)NC1CC(C)OC(C)C1. The van der Waals surface area contributed by atoms with Gasteiger partial charge in [-0.1, -0.05) is 6.08 Å². The lowest BCUT2D eigenvalue weighted by Crippen LogP contribution is -2.44. The smallest absolute Gasteiger partial charge is 0.0565 e. The zero-order chi connectivity index (χ0) is 12.0. The quantitative estimate of drug-likeness (QED) is 0.553. The lowest BCUT2D eigenvalue weighted by Gasteiger charge is -2.34. The molecule has 1 saturated heterocycles. The molecule has 1 heterocycles. The maximum Gasteiger partial charge on any atom is 0.0565 e. The number of hydrogen-bond donors (Lipinski definition) is 1. The monoisotopic (exact) mass is 225 g/mol. The minimum absolute atomic E-state index is 0.404. The van der Waals surface area contributed by atoms with E-state index < -0.39 is 0 Å². The van der Waals surface area contributed by atoms with Crippen molar-refractivity contribution in [2.45, 2.75) is 77.2 Å². The first-order chi connectivity index (χ1) is 7.61. The van der Waals surface area contributed by atoms with Gasteiger partial charge in [0.2, 0.25) is 0 Å². The zero-order valence-corrected chi connectivity index (χ0v) is 11.0. The predicted molar refractivity (Wildman–Crippen MR) is 69.7 cm³/mol. The lowest BCUT2D eigenvalue weighted by atomic mass is 9.98. The summed E-state index contributed by atoms with van der Waals surface area (Å²) < 4.78 is 5.74. The van der Waals surface area contributed by atoms with E-state index in [9.17, 15) is 0 Å². The van der Waals surface area contributed by atoms with Crippen molar-refractivity contribution in [1.82, 2.24) is 5.32 Å². The summed E-state index contributed by atoms with van der Waals surface area (Å²) in [5, 5.41) is 3.72. The van der Waals surface area contributed by atoms with Gasteiger partial charge in [0, 0.05) is 12.1 Å². The molecule has 2 heteroatoms. The summed E-state index contributed by atoms with van der Waals surface area (Å²) in [6.45, 7) is 10.4. The Morgan fingerprint density at radius 2 is 2.00 bits per heavy atom. The Hall–Kier alpha value is -0.340. The predicted octanol–water partition coefficient (Wildman–Crippen LogP) is 3.28. The normalized spacial score (nSPS) is 32.3. The molecule has 3 atom stereocenters. The van der Waals surface area contributed by atoms with Crippen LogP contribution in [0.2, 0.25) is 0 Å². The molecule has 3 unspecified atom stereocenters. The van der Waals surface area contributed by atoms with Gasteiger partial charge >= 0.3 is 0 Å². The Morgan fingerprint density at radius 3 is 2.56 bits per heavy atom. The number of allylic oxidation sites excluding steroid dienone is 1. The van der Waals surface area contributed by atoms with Crippen LogP contribution in [0.5, 0.6) is 0 Å². The molecule has 16 heavy (non-hydrogen) atoms. The second kappa shape index (κ2) is 7.08. The fraction of sp³-hybridized carbons (Fsp3) is 0.857. The highest BCUT2D eigenvalue weighted by Gasteiger charge is 2.24.